The van der Waals surface area contributed by atoms with Crippen LogP contribution in [0.1, 0.15) is 33.4 Å². The number of rotatable bonds is 5. The Labute approximate surface area is 109 Å². The van der Waals surface area contributed by atoms with E-state index in [4.69, 9.17) is 5.73 Å². The van der Waals surface area contributed by atoms with Gasteiger partial charge in [-0.1, -0.05) is 32.1 Å². The molecule has 0 aliphatic heterocycles. The van der Waals surface area contributed by atoms with E-state index in [0.717, 1.165) is 5.69 Å². The summed E-state index contributed by atoms with van der Waals surface area (Å²) in [6.45, 7) is 8.67. The van der Waals surface area contributed by atoms with Crippen LogP contribution in [0.4, 0.5) is 0 Å². The number of hydrogen-bond donors (Lipinski definition) is 1. The fraction of sp³-hybridized carbons (Fsp3) is 0.429. The number of primary amides is 1. The highest BCUT2D eigenvalue weighted by atomic mass is 16.1. The molecule has 100 valence electrons. The van der Waals surface area contributed by atoms with Gasteiger partial charge in [-0.2, -0.15) is 0 Å². The van der Waals surface area contributed by atoms with E-state index in [-0.39, 0.29) is 12.3 Å². The molecule has 4 nitrogen and oxygen atoms in total. The maximum Gasteiger partial charge on any atom is 0.223 e. The molecular weight excluding hydrogens is 226 g/mol. The summed E-state index contributed by atoms with van der Waals surface area (Å²) >= 11 is 0. The van der Waals surface area contributed by atoms with E-state index in [1.807, 2.05) is 50.5 Å². The van der Waals surface area contributed by atoms with Crippen LogP contribution in [0, 0.1) is 0 Å². The van der Waals surface area contributed by atoms with Crippen LogP contribution in [-0.2, 0) is 17.8 Å². The molecule has 0 fully saturated rings. The number of nitrogens with two attached hydrogens (primary N) is 1. The number of carbonyl (C=O) groups is 1. The lowest BCUT2D eigenvalue weighted by atomic mass is 10.2. The molecule has 0 saturated heterocycles. The van der Waals surface area contributed by atoms with Crippen LogP contribution in [0.2, 0.25) is 0 Å². The van der Waals surface area contributed by atoms with Crippen LogP contribution in [0.5, 0.6) is 0 Å². The summed E-state index contributed by atoms with van der Waals surface area (Å²) in [4.78, 5) is 14.9. The number of allylic oxidation sites excluding steroid dienone is 4. The minimum Gasteiger partial charge on any atom is -0.369 e. The third kappa shape index (κ3) is 5.48. The lowest BCUT2D eigenvalue weighted by Crippen LogP contribution is -2.16. The monoisotopic (exact) mass is 249 g/mol. The number of amides is 1. The number of hydrogen-bond acceptors (Lipinski definition) is 2. The van der Waals surface area contributed by atoms with Gasteiger partial charge in [-0.3, -0.25) is 4.79 Å². The predicted octanol–water partition coefficient (Wildman–Crippen LogP) is 2.46. The van der Waals surface area contributed by atoms with Crippen molar-refractivity contribution in [3.8, 4) is 0 Å². The van der Waals surface area contributed by atoms with Gasteiger partial charge in [-0.15, -0.1) is 0 Å². The van der Waals surface area contributed by atoms with Crippen molar-refractivity contribution in [1.29, 1.82) is 0 Å². The lowest BCUT2D eigenvalue weighted by molar-refractivity contribution is -0.117. The second kappa shape index (κ2) is 9.22. The summed E-state index contributed by atoms with van der Waals surface area (Å²) in [6.07, 6.45) is 9.67. The van der Waals surface area contributed by atoms with Crippen LogP contribution >= 0.6 is 0 Å². The second-order valence-corrected chi connectivity index (χ2v) is 3.52. The summed E-state index contributed by atoms with van der Waals surface area (Å²) < 4.78 is 1.93. The molecule has 1 aromatic heterocycles. The Kier molecular flexibility index (Phi) is 8.27. The highest BCUT2D eigenvalue weighted by Crippen LogP contribution is 2.06. The van der Waals surface area contributed by atoms with Crippen LogP contribution in [0.3, 0.4) is 0 Å². The molecular formula is C14H23N3O. The Hall–Kier alpha value is -1.84. The molecule has 0 radical (unpaired) electrons. The van der Waals surface area contributed by atoms with E-state index in [0.29, 0.717) is 6.54 Å². The number of aromatic nitrogens is 2. The Bertz CT molecular complexity index is 416. The number of carbonyl (C=O) groups excluding carboxylic acids is 1. The molecule has 0 aliphatic carbocycles. The molecule has 0 unspecified atom stereocenters. The van der Waals surface area contributed by atoms with Crippen LogP contribution < -0.4 is 5.73 Å². The van der Waals surface area contributed by atoms with E-state index in [2.05, 4.69) is 4.98 Å². The fourth-order valence-electron chi connectivity index (χ4n) is 1.47. The van der Waals surface area contributed by atoms with Gasteiger partial charge in [0, 0.05) is 18.4 Å². The molecule has 0 saturated carbocycles. The quantitative estimate of drug-likeness (QED) is 0.815. The summed E-state index contributed by atoms with van der Waals surface area (Å²) in [7, 11) is 0. The SMILES string of the molecule is C/C=C\C(=C/C)Cn1cncc1CC(N)=O.CC. The van der Waals surface area contributed by atoms with Gasteiger partial charge in [-0.25, -0.2) is 4.98 Å². The predicted molar refractivity (Wildman–Crippen MR) is 75.0 cm³/mol. The minimum absolute atomic E-state index is 0.229. The van der Waals surface area contributed by atoms with E-state index in [1.54, 1.807) is 12.5 Å². The zero-order chi connectivity index (χ0) is 14.0. The van der Waals surface area contributed by atoms with Crippen molar-refractivity contribution in [2.45, 2.75) is 40.7 Å². The van der Waals surface area contributed by atoms with E-state index >= 15 is 0 Å². The normalized spacial score (nSPS) is 11.2. The second-order valence-electron chi connectivity index (χ2n) is 3.52. The van der Waals surface area contributed by atoms with Crippen molar-refractivity contribution in [1.82, 2.24) is 9.55 Å². The van der Waals surface area contributed by atoms with Gasteiger partial charge < -0.3 is 10.3 Å². The Morgan fingerprint density at radius 1 is 1.44 bits per heavy atom. The third-order valence-electron chi connectivity index (χ3n) is 2.26. The van der Waals surface area contributed by atoms with E-state index < -0.39 is 0 Å². The molecule has 1 heterocycles. The van der Waals surface area contributed by atoms with E-state index in [9.17, 15) is 4.79 Å². The summed E-state index contributed by atoms with van der Waals surface area (Å²) in [5, 5.41) is 0. The topological polar surface area (TPSA) is 60.9 Å². The molecule has 2 N–H and O–H groups in total. The first-order chi connectivity index (χ1) is 8.67. The summed E-state index contributed by atoms with van der Waals surface area (Å²) in [5.41, 5.74) is 7.18. The number of nitrogens with zero attached hydrogens (tertiary/aromatic N) is 2. The largest absolute Gasteiger partial charge is 0.369 e. The standard InChI is InChI=1S/C12H17N3O.C2H6/c1-3-5-10(4-2)8-15-9-14-7-11(15)6-12(13)16;1-2/h3-5,7,9H,6,8H2,1-2H3,(H2,13,16);1-2H3/b5-3-,10-4+;. The zero-order valence-electron chi connectivity index (χ0n) is 11.7. The minimum atomic E-state index is -0.338. The molecule has 1 aromatic rings. The smallest absolute Gasteiger partial charge is 0.223 e. The first-order valence-electron chi connectivity index (χ1n) is 6.22. The molecule has 0 atom stereocenters. The first kappa shape index (κ1) is 16.2. The average molecular weight is 249 g/mol. The first-order valence-corrected chi connectivity index (χ1v) is 6.22. The van der Waals surface area contributed by atoms with Gasteiger partial charge >= 0.3 is 0 Å². The summed E-state index contributed by atoms with van der Waals surface area (Å²) in [5.74, 6) is -0.338. The number of imidazole rings is 1. The van der Waals surface area contributed by atoms with Crippen molar-refractivity contribution < 1.29 is 4.79 Å². The fourth-order valence-corrected chi connectivity index (χ4v) is 1.47. The average Bonchev–Trinajstić information content (AvgIpc) is 2.77. The van der Waals surface area contributed by atoms with Crippen LogP contribution in [0.15, 0.2) is 36.3 Å². The maximum atomic E-state index is 10.9. The lowest BCUT2D eigenvalue weighted by Gasteiger charge is -2.07. The Morgan fingerprint density at radius 2 is 2.11 bits per heavy atom. The molecule has 4 heteroatoms. The van der Waals surface area contributed by atoms with Crippen molar-refractivity contribution in [3.63, 3.8) is 0 Å². The molecule has 1 rings (SSSR count). The highest BCUT2D eigenvalue weighted by molar-refractivity contribution is 5.76. The molecule has 0 spiro atoms. The molecule has 0 aromatic carbocycles. The molecule has 0 bridgehead atoms. The molecule has 18 heavy (non-hydrogen) atoms. The van der Waals surface area contributed by atoms with Crippen molar-refractivity contribution >= 4 is 5.91 Å². The van der Waals surface area contributed by atoms with E-state index in [1.165, 1.54) is 5.57 Å². The molecule has 1 amide bonds. The van der Waals surface area contributed by atoms with Gasteiger partial charge in [0.25, 0.3) is 0 Å². The van der Waals surface area contributed by atoms with Crippen molar-refractivity contribution in [3.05, 3.63) is 42.0 Å². The van der Waals surface area contributed by atoms with Gasteiger partial charge in [-0.05, 0) is 19.4 Å². The van der Waals surface area contributed by atoms with Crippen LogP contribution in [0.25, 0.3) is 0 Å². The van der Waals surface area contributed by atoms with Crippen LogP contribution in [-0.4, -0.2) is 15.5 Å². The maximum absolute atomic E-state index is 10.9. The summed E-state index contributed by atoms with van der Waals surface area (Å²) in [6, 6.07) is 0. The van der Waals surface area contributed by atoms with Gasteiger partial charge in [0.05, 0.1) is 12.7 Å². The van der Waals surface area contributed by atoms with Crippen molar-refractivity contribution in [2.75, 3.05) is 0 Å². The van der Waals surface area contributed by atoms with Crippen molar-refractivity contribution in [2.24, 2.45) is 5.73 Å². The van der Waals surface area contributed by atoms with Gasteiger partial charge in [0.1, 0.15) is 0 Å². The molecule has 0 aliphatic rings. The zero-order valence-corrected chi connectivity index (χ0v) is 11.7. The Balaban J connectivity index is 0.00000137. The van der Waals surface area contributed by atoms with Gasteiger partial charge in [0.15, 0.2) is 0 Å². The third-order valence-corrected chi connectivity index (χ3v) is 2.26. The highest BCUT2D eigenvalue weighted by Gasteiger charge is 2.05. The van der Waals surface area contributed by atoms with Gasteiger partial charge in [0.2, 0.25) is 5.91 Å². The Morgan fingerprint density at radius 3 is 2.61 bits per heavy atom.